The molecule has 2 atom stereocenters. The third-order valence-corrected chi connectivity index (χ3v) is 4.81. The van der Waals surface area contributed by atoms with E-state index in [1.807, 2.05) is 4.68 Å². The van der Waals surface area contributed by atoms with Crippen LogP contribution in [0.3, 0.4) is 0 Å². The van der Waals surface area contributed by atoms with E-state index in [1.165, 1.54) is 5.69 Å². The first-order valence-corrected chi connectivity index (χ1v) is 8.28. The number of hydrogen-bond donors (Lipinski definition) is 1. The number of nitrogens with zero attached hydrogens (tertiary/aromatic N) is 5. The highest BCUT2D eigenvalue weighted by molar-refractivity contribution is 5.16. The molecule has 0 saturated carbocycles. The van der Waals surface area contributed by atoms with Crippen LogP contribution in [-0.4, -0.2) is 49.3 Å². The van der Waals surface area contributed by atoms with Crippen LogP contribution in [0.25, 0.3) is 0 Å². The van der Waals surface area contributed by atoms with Gasteiger partial charge in [-0.15, -0.1) is 5.10 Å². The van der Waals surface area contributed by atoms with Gasteiger partial charge in [-0.05, 0) is 12.5 Å². The molecule has 2 aliphatic rings. The van der Waals surface area contributed by atoms with Gasteiger partial charge in [0, 0.05) is 30.7 Å². The number of likely N-dealkylation sites (tertiary alicyclic amines) is 1. The van der Waals surface area contributed by atoms with Crippen LogP contribution in [0, 0.1) is 0 Å². The SMILES string of the molecule is CC(C)(C)c1cc(CN2CC[C@H]3OCc4cnnn4[C@@H]3C2)[nH]n1. The Kier molecular flexibility index (Phi) is 3.50. The molecule has 4 heterocycles. The Morgan fingerprint density at radius 1 is 1.39 bits per heavy atom. The molecular weight excluding hydrogens is 292 g/mol. The van der Waals surface area contributed by atoms with Crippen molar-refractivity contribution in [1.29, 1.82) is 0 Å². The first-order valence-electron chi connectivity index (χ1n) is 8.28. The smallest absolute Gasteiger partial charge is 0.0930 e. The lowest BCUT2D eigenvalue weighted by Gasteiger charge is -2.40. The zero-order valence-electron chi connectivity index (χ0n) is 14.0. The van der Waals surface area contributed by atoms with Gasteiger partial charge >= 0.3 is 0 Å². The molecule has 1 fully saturated rings. The summed E-state index contributed by atoms with van der Waals surface area (Å²) in [5, 5.41) is 15.9. The standard InChI is InChI=1S/C16H24N6O/c1-16(2,3)15-6-11(18-19-15)8-21-5-4-14-13(9-21)22-12(10-23-14)7-17-20-22/h6-7,13-14H,4-5,8-10H2,1-3H3,(H,18,19)/t13-,14-/m1/s1. The van der Waals surface area contributed by atoms with Crippen LogP contribution in [0.15, 0.2) is 12.3 Å². The molecular formula is C16H24N6O. The average Bonchev–Trinajstić information content (AvgIpc) is 3.15. The van der Waals surface area contributed by atoms with E-state index >= 15 is 0 Å². The van der Waals surface area contributed by atoms with Gasteiger partial charge in [-0.25, -0.2) is 4.68 Å². The van der Waals surface area contributed by atoms with Crippen LogP contribution in [-0.2, 0) is 23.3 Å². The monoisotopic (exact) mass is 316 g/mol. The molecule has 0 radical (unpaired) electrons. The molecule has 124 valence electrons. The second-order valence-electron chi connectivity index (χ2n) is 7.64. The van der Waals surface area contributed by atoms with Gasteiger partial charge in [0.25, 0.3) is 0 Å². The zero-order valence-corrected chi connectivity index (χ0v) is 14.0. The van der Waals surface area contributed by atoms with E-state index in [4.69, 9.17) is 4.74 Å². The molecule has 1 saturated heterocycles. The van der Waals surface area contributed by atoms with E-state index in [2.05, 4.69) is 52.2 Å². The summed E-state index contributed by atoms with van der Waals surface area (Å²) in [6.07, 6.45) is 3.09. The quantitative estimate of drug-likeness (QED) is 0.912. The zero-order chi connectivity index (χ0) is 16.0. The summed E-state index contributed by atoms with van der Waals surface area (Å²) < 4.78 is 8.02. The lowest BCUT2D eigenvalue weighted by atomic mass is 9.92. The molecule has 0 bridgehead atoms. The van der Waals surface area contributed by atoms with Crippen LogP contribution in [0.2, 0.25) is 0 Å². The number of rotatable bonds is 2. The van der Waals surface area contributed by atoms with Crippen molar-refractivity contribution in [1.82, 2.24) is 30.1 Å². The van der Waals surface area contributed by atoms with E-state index in [1.54, 1.807) is 6.20 Å². The van der Waals surface area contributed by atoms with Gasteiger partial charge in [0.05, 0.1) is 36.3 Å². The Hall–Kier alpha value is -1.73. The molecule has 23 heavy (non-hydrogen) atoms. The summed E-state index contributed by atoms with van der Waals surface area (Å²) in [6, 6.07) is 2.45. The van der Waals surface area contributed by atoms with E-state index in [9.17, 15) is 0 Å². The summed E-state index contributed by atoms with van der Waals surface area (Å²) >= 11 is 0. The van der Waals surface area contributed by atoms with Gasteiger partial charge in [-0.1, -0.05) is 26.0 Å². The van der Waals surface area contributed by atoms with Crippen molar-refractivity contribution in [2.24, 2.45) is 0 Å². The van der Waals surface area contributed by atoms with Crippen molar-refractivity contribution in [2.45, 2.75) is 57.9 Å². The second kappa shape index (κ2) is 5.42. The van der Waals surface area contributed by atoms with Crippen molar-refractivity contribution in [3.8, 4) is 0 Å². The molecule has 2 aromatic heterocycles. The molecule has 0 aliphatic carbocycles. The molecule has 7 nitrogen and oxygen atoms in total. The highest BCUT2D eigenvalue weighted by atomic mass is 16.5. The number of hydrogen-bond acceptors (Lipinski definition) is 5. The Bertz CT molecular complexity index is 685. The minimum atomic E-state index is 0.0780. The molecule has 0 amide bonds. The average molecular weight is 316 g/mol. The largest absolute Gasteiger partial charge is 0.370 e. The van der Waals surface area contributed by atoms with Crippen LogP contribution >= 0.6 is 0 Å². The third kappa shape index (κ3) is 2.79. The van der Waals surface area contributed by atoms with Gasteiger partial charge in [0.2, 0.25) is 0 Å². The molecule has 0 aromatic carbocycles. The summed E-state index contributed by atoms with van der Waals surface area (Å²) in [4.78, 5) is 2.45. The maximum Gasteiger partial charge on any atom is 0.0930 e. The predicted molar refractivity (Wildman–Crippen MR) is 84.8 cm³/mol. The number of ether oxygens (including phenoxy) is 1. The Morgan fingerprint density at radius 2 is 2.26 bits per heavy atom. The van der Waals surface area contributed by atoms with Gasteiger partial charge in [0.1, 0.15) is 0 Å². The van der Waals surface area contributed by atoms with Crippen molar-refractivity contribution in [3.63, 3.8) is 0 Å². The Labute approximate surface area is 136 Å². The van der Waals surface area contributed by atoms with Crippen LogP contribution < -0.4 is 0 Å². The lowest BCUT2D eigenvalue weighted by Crippen LogP contribution is -2.47. The number of nitrogens with one attached hydrogen (secondary N) is 1. The molecule has 4 rings (SSSR count). The normalized spacial score (nSPS) is 25.2. The maximum atomic E-state index is 5.97. The fourth-order valence-electron chi connectivity index (χ4n) is 3.46. The number of fused-ring (bicyclic) bond motifs is 3. The minimum absolute atomic E-state index is 0.0780. The van der Waals surface area contributed by atoms with Gasteiger partial charge in [0.15, 0.2) is 0 Å². The van der Waals surface area contributed by atoms with E-state index in [0.717, 1.165) is 37.4 Å². The van der Waals surface area contributed by atoms with Crippen LogP contribution in [0.4, 0.5) is 0 Å². The van der Waals surface area contributed by atoms with Crippen LogP contribution in [0.5, 0.6) is 0 Å². The molecule has 0 unspecified atom stereocenters. The Morgan fingerprint density at radius 3 is 3.04 bits per heavy atom. The molecule has 7 heteroatoms. The van der Waals surface area contributed by atoms with Gasteiger partial charge in [-0.2, -0.15) is 5.10 Å². The minimum Gasteiger partial charge on any atom is -0.370 e. The van der Waals surface area contributed by atoms with Crippen molar-refractivity contribution < 1.29 is 4.74 Å². The highest BCUT2D eigenvalue weighted by Crippen LogP contribution is 2.30. The number of aromatic nitrogens is 5. The van der Waals surface area contributed by atoms with Crippen molar-refractivity contribution in [3.05, 3.63) is 29.3 Å². The second-order valence-corrected chi connectivity index (χ2v) is 7.64. The van der Waals surface area contributed by atoms with Gasteiger partial charge < -0.3 is 4.74 Å². The van der Waals surface area contributed by atoms with E-state index in [0.29, 0.717) is 6.61 Å². The maximum absolute atomic E-state index is 5.97. The van der Waals surface area contributed by atoms with E-state index in [-0.39, 0.29) is 17.6 Å². The molecule has 2 aromatic rings. The summed E-state index contributed by atoms with van der Waals surface area (Å²) in [6.45, 7) is 10.0. The fourth-order valence-corrected chi connectivity index (χ4v) is 3.46. The van der Waals surface area contributed by atoms with Gasteiger partial charge in [-0.3, -0.25) is 10.00 Å². The summed E-state index contributed by atoms with van der Waals surface area (Å²) in [5.74, 6) is 0. The number of H-pyrrole nitrogens is 1. The Balaban J connectivity index is 1.47. The highest BCUT2D eigenvalue weighted by Gasteiger charge is 2.36. The van der Waals surface area contributed by atoms with Crippen molar-refractivity contribution in [2.75, 3.05) is 13.1 Å². The van der Waals surface area contributed by atoms with Crippen molar-refractivity contribution >= 4 is 0 Å². The first kappa shape index (κ1) is 14.8. The summed E-state index contributed by atoms with van der Waals surface area (Å²) in [5.41, 5.74) is 3.43. The first-order chi connectivity index (χ1) is 11.0. The topological polar surface area (TPSA) is 71.9 Å². The van der Waals surface area contributed by atoms with E-state index < -0.39 is 0 Å². The number of aromatic amines is 1. The van der Waals surface area contributed by atoms with Crippen LogP contribution in [0.1, 0.15) is 50.3 Å². The molecule has 2 aliphatic heterocycles. The molecule has 1 N–H and O–H groups in total. The summed E-state index contributed by atoms with van der Waals surface area (Å²) in [7, 11) is 0. The third-order valence-electron chi connectivity index (χ3n) is 4.81. The number of piperidine rings is 1. The lowest BCUT2D eigenvalue weighted by molar-refractivity contribution is -0.0671. The predicted octanol–water partition coefficient (Wildman–Crippen LogP) is 1.64. The molecule has 0 spiro atoms. The fraction of sp³-hybridized carbons (Fsp3) is 0.688.